The monoisotopic (exact) mass is 355 g/mol. The summed E-state index contributed by atoms with van der Waals surface area (Å²) in [5.41, 5.74) is 4.47. The van der Waals surface area contributed by atoms with E-state index in [-0.39, 0.29) is 11.6 Å². The number of halogens is 2. The van der Waals surface area contributed by atoms with Crippen molar-refractivity contribution in [1.82, 2.24) is 9.97 Å². The second kappa shape index (κ2) is 6.33. The van der Waals surface area contributed by atoms with Crippen LogP contribution in [0.2, 0.25) is 5.02 Å². The van der Waals surface area contributed by atoms with E-state index in [0.29, 0.717) is 28.4 Å². The zero-order valence-electron chi connectivity index (χ0n) is 13.3. The number of Topliss-reactive ketones (excluding diaryl/α,β-unsaturated/α-hetero) is 1. The third kappa shape index (κ3) is 2.91. The largest absolute Gasteiger partial charge is 0.356 e. The standard InChI is InChI=1S/C19H15ClFN3O/c20-14-10-22-9-8-13(14)18-19(23-12-6-4-11(21)5-7-12)17-15(24-18)2-1-3-16(17)25/h4-10,23-24H,1-3H2. The molecule has 0 spiro atoms. The van der Waals surface area contributed by atoms with Gasteiger partial charge in [0.25, 0.3) is 0 Å². The Morgan fingerprint density at radius 2 is 1.96 bits per heavy atom. The van der Waals surface area contributed by atoms with Crippen LogP contribution in [-0.4, -0.2) is 15.8 Å². The Hall–Kier alpha value is -2.66. The first kappa shape index (κ1) is 15.8. The van der Waals surface area contributed by atoms with Crippen molar-refractivity contribution in [1.29, 1.82) is 0 Å². The van der Waals surface area contributed by atoms with Crippen molar-refractivity contribution in [3.05, 3.63) is 64.8 Å². The predicted molar refractivity (Wildman–Crippen MR) is 96.0 cm³/mol. The Morgan fingerprint density at radius 1 is 1.16 bits per heavy atom. The highest BCUT2D eigenvalue weighted by Gasteiger charge is 2.27. The number of carbonyl (C=O) groups is 1. The number of nitrogens with zero attached hydrogens (tertiary/aromatic N) is 1. The fraction of sp³-hybridized carbons (Fsp3) is 0.158. The minimum Gasteiger partial charge on any atom is -0.356 e. The minimum absolute atomic E-state index is 0.0959. The van der Waals surface area contributed by atoms with E-state index in [2.05, 4.69) is 15.3 Å². The van der Waals surface area contributed by atoms with Crippen molar-refractivity contribution in [2.45, 2.75) is 19.3 Å². The Morgan fingerprint density at radius 3 is 2.72 bits per heavy atom. The van der Waals surface area contributed by atoms with Crippen LogP contribution < -0.4 is 5.32 Å². The van der Waals surface area contributed by atoms with Gasteiger partial charge < -0.3 is 10.3 Å². The summed E-state index contributed by atoms with van der Waals surface area (Å²) in [6.07, 6.45) is 5.38. The van der Waals surface area contributed by atoms with Crippen LogP contribution in [0.1, 0.15) is 28.9 Å². The molecule has 1 aliphatic rings. The van der Waals surface area contributed by atoms with E-state index in [4.69, 9.17) is 11.6 Å². The number of benzene rings is 1. The lowest BCUT2D eigenvalue weighted by Crippen LogP contribution is -2.10. The molecule has 126 valence electrons. The third-order valence-electron chi connectivity index (χ3n) is 4.34. The summed E-state index contributed by atoms with van der Waals surface area (Å²) in [7, 11) is 0. The Kier molecular flexibility index (Phi) is 4.01. The molecule has 1 aliphatic carbocycles. The lowest BCUT2D eigenvalue weighted by molar-refractivity contribution is 0.0973. The van der Waals surface area contributed by atoms with Crippen molar-refractivity contribution in [2.24, 2.45) is 0 Å². The maximum Gasteiger partial charge on any atom is 0.166 e. The molecule has 3 aromatic rings. The summed E-state index contributed by atoms with van der Waals surface area (Å²) in [4.78, 5) is 19.9. The number of fused-ring (bicyclic) bond motifs is 1. The number of carbonyl (C=O) groups excluding carboxylic acids is 1. The van der Waals surface area contributed by atoms with E-state index in [1.807, 2.05) is 0 Å². The Bertz CT molecular complexity index is 950. The van der Waals surface area contributed by atoms with Crippen LogP contribution in [0.3, 0.4) is 0 Å². The summed E-state index contributed by atoms with van der Waals surface area (Å²) in [6.45, 7) is 0. The van der Waals surface area contributed by atoms with Gasteiger partial charge in [-0.05, 0) is 43.2 Å². The fourth-order valence-electron chi connectivity index (χ4n) is 3.18. The van der Waals surface area contributed by atoms with E-state index < -0.39 is 0 Å². The molecule has 0 fully saturated rings. The first-order valence-electron chi connectivity index (χ1n) is 8.04. The second-order valence-corrected chi connectivity index (χ2v) is 6.40. The van der Waals surface area contributed by atoms with Crippen LogP contribution in [0.5, 0.6) is 0 Å². The van der Waals surface area contributed by atoms with Gasteiger partial charge in [-0.3, -0.25) is 9.78 Å². The average Bonchev–Trinajstić information content (AvgIpc) is 2.97. The SMILES string of the molecule is O=C1CCCc2[nH]c(-c3ccncc3Cl)c(Nc3ccc(F)cc3)c21. The summed E-state index contributed by atoms with van der Waals surface area (Å²) >= 11 is 6.31. The van der Waals surface area contributed by atoms with Crippen LogP contribution in [0.15, 0.2) is 42.7 Å². The number of aryl methyl sites for hydroxylation is 1. The number of aromatic nitrogens is 2. The number of rotatable bonds is 3. The van der Waals surface area contributed by atoms with Crippen LogP contribution >= 0.6 is 11.6 Å². The van der Waals surface area contributed by atoms with Gasteiger partial charge in [0.15, 0.2) is 5.78 Å². The van der Waals surface area contributed by atoms with E-state index in [1.165, 1.54) is 12.1 Å². The zero-order chi connectivity index (χ0) is 17.4. The Labute approximate surface area is 149 Å². The molecule has 0 aliphatic heterocycles. The van der Waals surface area contributed by atoms with Crippen LogP contribution in [0.4, 0.5) is 15.8 Å². The molecule has 1 aromatic carbocycles. The number of aromatic amines is 1. The van der Waals surface area contributed by atoms with Crippen molar-refractivity contribution in [2.75, 3.05) is 5.32 Å². The first-order chi connectivity index (χ1) is 12.1. The molecule has 0 saturated heterocycles. The molecule has 25 heavy (non-hydrogen) atoms. The molecule has 6 heteroatoms. The molecule has 0 saturated carbocycles. The van der Waals surface area contributed by atoms with Gasteiger partial charge in [-0.1, -0.05) is 11.6 Å². The molecule has 0 atom stereocenters. The molecular formula is C19H15ClFN3O. The van der Waals surface area contributed by atoms with Gasteiger partial charge in [0.05, 0.1) is 22.0 Å². The van der Waals surface area contributed by atoms with Gasteiger partial charge in [0.1, 0.15) is 5.82 Å². The van der Waals surface area contributed by atoms with Gasteiger partial charge >= 0.3 is 0 Å². The highest BCUT2D eigenvalue weighted by molar-refractivity contribution is 6.33. The predicted octanol–water partition coefficient (Wildman–Crippen LogP) is 5.13. The molecule has 0 unspecified atom stereocenters. The van der Waals surface area contributed by atoms with Gasteiger partial charge in [0.2, 0.25) is 0 Å². The van der Waals surface area contributed by atoms with Crippen LogP contribution in [0.25, 0.3) is 11.3 Å². The van der Waals surface area contributed by atoms with Crippen LogP contribution in [-0.2, 0) is 6.42 Å². The van der Waals surface area contributed by atoms with E-state index in [0.717, 1.165) is 29.8 Å². The maximum atomic E-state index is 13.2. The molecule has 4 rings (SSSR count). The van der Waals surface area contributed by atoms with Crippen molar-refractivity contribution in [3.8, 4) is 11.3 Å². The summed E-state index contributed by atoms with van der Waals surface area (Å²) in [5.74, 6) is -0.214. The summed E-state index contributed by atoms with van der Waals surface area (Å²) in [5, 5.41) is 3.76. The molecule has 0 bridgehead atoms. The number of anilines is 2. The fourth-order valence-corrected chi connectivity index (χ4v) is 3.39. The van der Waals surface area contributed by atoms with Crippen LogP contribution in [0, 0.1) is 5.82 Å². The molecule has 2 aromatic heterocycles. The highest BCUT2D eigenvalue weighted by Crippen LogP contribution is 2.40. The number of H-pyrrole nitrogens is 1. The number of ketones is 1. The summed E-state index contributed by atoms with van der Waals surface area (Å²) < 4.78 is 13.2. The average molecular weight is 356 g/mol. The maximum absolute atomic E-state index is 13.2. The zero-order valence-corrected chi connectivity index (χ0v) is 14.0. The number of hydrogen-bond acceptors (Lipinski definition) is 3. The van der Waals surface area contributed by atoms with Crippen molar-refractivity contribution < 1.29 is 9.18 Å². The topological polar surface area (TPSA) is 57.8 Å². The smallest absolute Gasteiger partial charge is 0.166 e. The molecule has 2 heterocycles. The second-order valence-electron chi connectivity index (χ2n) is 5.99. The Balaban J connectivity index is 1.88. The summed E-state index contributed by atoms with van der Waals surface area (Å²) in [6, 6.07) is 7.84. The molecule has 0 radical (unpaired) electrons. The molecule has 4 nitrogen and oxygen atoms in total. The lowest BCUT2D eigenvalue weighted by atomic mass is 9.95. The third-order valence-corrected chi connectivity index (χ3v) is 4.64. The van der Waals surface area contributed by atoms with Gasteiger partial charge in [-0.25, -0.2) is 4.39 Å². The van der Waals surface area contributed by atoms with Gasteiger partial charge in [-0.2, -0.15) is 0 Å². The number of nitrogens with one attached hydrogen (secondary N) is 2. The van der Waals surface area contributed by atoms with Gasteiger partial charge in [-0.15, -0.1) is 0 Å². The highest BCUT2D eigenvalue weighted by atomic mass is 35.5. The van der Waals surface area contributed by atoms with Gasteiger partial charge in [0, 0.05) is 35.8 Å². The number of pyridine rings is 1. The van der Waals surface area contributed by atoms with Crippen molar-refractivity contribution >= 4 is 28.8 Å². The molecule has 0 amide bonds. The van der Waals surface area contributed by atoms with Crippen molar-refractivity contribution in [3.63, 3.8) is 0 Å². The van der Waals surface area contributed by atoms with E-state index in [1.54, 1.807) is 30.6 Å². The first-order valence-corrected chi connectivity index (χ1v) is 8.42. The minimum atomic E-state index is -0.310. The quantitative estimate of drug-likeness (QED) is 0.684. The molecular weight excluding hydrogens is 341 g/mol. The lowest BCUT2D eigenvalue weighted by Gasteiger charge is -2.14. The normalized spacial score (nSPS) is 13.6. The van der Waals surface area contributed by atoms with E-state index >= 15 is 0 Å². The number of hydrogen-bond donors (Lipinski definition) is 2. The van der Waals surface area contributed by atoms with E-state index in [9.17, 15) is 9.18 Å². The molecule has 2 N–H and O–H groups in total.